The number of carbonyl (C=O) groups is 1. The van der Waals surface area contributed by atoms with E-state index in [-0.39, 0.29) is 12.0 Å². The van der Waals surface area contributed by atoms with Crippen molar-refractivity contribution in [1.82, 2.24) is 14.9 Å². The van der Waals surface area contributed by atoms with Gasteiger partial charge in [0.05, 0.1) is 25.5 Å². The van der Waals surface area contributed by atoms with Crippen LogP contribution < -0.4 is 11.1 Å². The van der Waals surface area contributed by atoms with Gasteiger partial charge < -0.3 is 15.8 Å². The molecule has 1 aromatic rings. The first-order valence-electron chi connectivity index (χ1n) is 6.38. The lowest BCUT2D eigenvalue weighted by molar-refractivity contribution is -0.119. The Kier molecular flexibility index (Phi) is 5.20. The molecule has 2 rings (SSSR count). The average molecular weight is 265 g/mol. The van der Waals surface area contributed by atoms with E-state index in [0.29, 0.717) is 25.5 Å². The predicted octanol–water partition coefficient (Wildman–Crippen LogP) is -0.535. The Morgan fingerprint density at radius 1 is 1.58 bits per heavy atom. The molecule has 0 aliphatic carbocycles. The van der Waals surface area contributed by atoms with Crippen molar-refractivity contribution in [3.8, 4) is 0 Å². The van der Waals surface area contributed by atoms with Gasteiger partial charge in [0.25, 0.3) is 0 Å². The number of nitrogens with zero attached hydrogens (tertiary/aromatic N) is 3. The number of hydrogen-bond acceptors (Lipinski definition) is 6. The average Bonchev–Trinajstić information content (AvgIpc) is 2.40. The van der Waals surface area contributed by atoms with Gasteiger partial charge in [-0.3, -0.25) is 14.7 Å². The highest BCUT2D eigenvalue weighted by Crippen LogP contribution is 2.08. The van der Waals surface area contributed by atoms with Gasteiger partial charge in [0.15, 0.2) is 5.82 Å². The summed E-state index contributed by atoms with van der Waals surface area (Å²) in [7, 11) is 0. The van der Waals surface area contributed by atoms with E-state index in [1.807, 2.05) is 0 Å². The first-order chi connectivity index (χ1) is 9.28. The van der Waals surface area contributed by atoms with Crippen molar-refractivity contribution < 1.29 is 9.53 Å². The van der Waals surface area contributed by atoms with E-state index in [1.165, 1.54) is 6.20 Å². The van der Waals surface area contributed by atoms with Crippen LogP contribution in [0.15, 0.2) is 18.6 Å². The molecule has 19 heavy (non-hydrogen) atoms. The van der Waals surface area contributed by atoms with Gasteiger partial charge in [-0.2, -0.15) is 0 Å². The molecule has 7 nitrogen and oxygen atoms in total. The van der Waals surface area contributed by atoms with Crippen molar-refractivity contribution in [2.75, 3.05) is 38.1 Å². The van der Waals surface area contributed by atoms with Crippen molar-refractivity contribution in [2.24, 2.45) is 5.73 Å². The zero-order valence-electron chi connectivity index (χ0n) is 10.8. The van der Waals surface area contributed by atoms with E-state index in [2.05, 4.69) is 20.2 Å². The molecule has 0 spiro atoms. The van der Waals surface area contributed by atoms with Crippen LogP contribution in [0, 0.1) is 0 Å². The van der Waals surface area contributed by atoms with Gasteiger partial charge in [-0.05, 0) is 13.0 Å². The molecular weight excluding hydrogens is 246 g/mol. The SMILES string of the molecule is NCCC1CN(CC(=O)Nc2cnccn2)CCO1. The Balaban J connectivity index is 1.78. The number of amides is 1. The summed E-state index contributed by atoms with van der Waals surface area (Å²) in [5, 5.41) is 2.72. The van der Waals surface area contributed by atoms with Crippen LogP contribution in [0.5, 0.6) is 0 Å². The van der Waals surface area contributed by atoms with E-state index in [9.17, 15) is 4.79 Å². The van der Waals surface area contributed by atoms with Crippen molar-refractivity contribution in [3.05, 3.63) is 18.6 Å². The van der Waals surface area contributed by atoms with E-state index in [4.69, 9.17) is 10.5 Å². The van der Waals surface area contributed by atoms with Crippen LogP contribution in [0.25, 0.3) is 0 Å². The third-order valence-corrected chi connectivity index (χ3v) is 2.91. The lowest BCUT2D eigenvalue weighted by Crippen LogP contribution is -2.46. The van der Waals surface area contributed by atoms with Crippen LogP contribution in [0.2, 0.25) is 0 Å². The monoisotopic (exact) mass is 265 g/mol. The maximum atomic E-state index is 11.9. The second kappa shape index (κ2) is 7.13. The number of rotatable bonds is 5. The van der Waals surface area contributed by atoms with Gasteiger partial charge in [0.1, 0.15) is 0 Å². The molecule has 0 radical (unpaired) electrons. The number of nitrogens with one attached hydrogen (secondary N) is 1. The minimum atomic E-state index is -0.0890. The number of anilines is 1. The summed E-state index contributed by atoms with van der Waals surface area (Å²) in [4.78, 5) is 21.8. The molecule has 1 aliphatic heterocycles. The fourth-order valence-corrected chi connectivity index (χ4v) is 2.03. The molecule has 0 saturated carbocycles. The molecule has 1 fully saturated rings. The fraction of sp³-hybridized carbons (Fsp3) is 0.583. The van der Waals surface area contributed by atoms with E-state index >= 15 is 0 Å². The first-order valence-corrected chi connectivity index (χ1v) is 6.38. The van der Waals surface area contributed by atoms with E-state index in [1.54, 1.807) is 12.4 Å². The molecule has 0 bridgehead atoms. The van der Waals surface area contributed by atoms with Crippen LogP contribution >= 0.6 is 0 Å². The minimum Gasteiger partial charge on any atom is -0.376 e. The lowest BCUT2D eigenvalue weighted by Gasteiger charge is -2.32. The topological polar surface area (TPSA) is 93.4 Å². The van der Waals surface area contributed by atoms with Gasteiger partial charge in [0, 0.05) is 25.5 Å². The number of morpholine rings is 1. The second-order valence-corrected chi connectivity index (χ2v) is 4.44. The molecule has 2 heterocycles. The summed E-state index contributed by atoms with van der Waals surface area (Å²) in [6.07, 6.45) is 5.58. The number of hydrogen-bond donors (Lipinski definition) is 2. The number of carbonyl (C=O) groups excluding carboxylic acids is 1. The van der Waals surface area contributed by atoms with Crippen molar-refractivity contribution >= 4 is 11.7 Å². The number of aromatic nitrogens is 2. The van der Waals surface area contributed by atoms with E-state index in [0.717, 1.165) is 19.5 Å². The zero-order chi connectivity index (χ0) is 13.5. The summed E-state index contributed by atoms with van der Waals surface area (Å²) in [6.45, 7) is 3.08. The van der Waals surface area contributed by atoms with E-state index < -0.39 is 0 Å². The molecule has 7 heteroatoms. The Bertz CT molecular complexity index is 398. The molecule has 1 saturated heterocycles. The molecule has 3 N–H and O–H groups in total. The predicted molar refractivity (Wildman–Crippen MR) is 70.5 cm³/mol. The molecule has 1 amide bonds. The van der Waals surface area contributed by atoms with Gasteiger partial charge in [-0.1, -0.05) is 0 Å². The second-order valence-electron chi connectivity index (χ2n) is 4.44. The number of nitrogens with two attached hydrogens (primary N) is 1. The molecule has 104 valence electrons. The Morgan fingerprint density at radius 2 is 2.47 bits per heavy atom. The highest BCUT2D eigenvalue weighted by Gasteiger charge is 2.21. The minimum absolute atomic E-state index is 0.0890. The zero-order valence-corrected chi connectivity index (χ0v) is 10.8. The van der Waals surface area contributed by atoms with Crippen LogP contribution in [0.4, 0.5) is 5.82 Å². The van der Waals surface area contributed by atoms with Crippen molar-refractivity contribution in [3.63, 3.8) is 0 Å². The molecule has 1 unspecified atom stereocenters. The Hall–Kier alpha value is -1.57. The Morgan fingerprint density at radius 3 is 3.21 bits per heavy atom. The normalized spacial score (nSPS) is 20.2. The van der Waals surface area contributed by atoms with Crippen LogP contribution in [-0.2, 0) is 9.53 Å². The summed E-state index contributed by atoms with van der Waals surface area (Å²) in [6, 6.07) is 0. The third-order valence-electron chi connectivity index (χ3n) is 2.91. The summed E-state index contributed by atoms with van der Waals surface area (Å²) in [5.74, 6) is 0.383. The molecular formula is C12H19N5O2. The lowest BCUT2D eigenvalue weighted by atomic mass is 10.2. The third kappa shape index (κ3) is 4.55. The van der Waals surface area contributed by atoms with Crippen molar-refractivity contribution in [2.45, 2.75) is 12.5 Å². The highest BCUT2D eigenvalue weighted by molar-refractivity contribution is 5.91. The highest BCUT2D eigenvalue weighted by atomic mass is 16.5. The smallest absolute Gasteiger partial charge is 0.239 e. The van der Waals surface area contributed by atoms with Crippen molar-refractivity contribution in [1.29, 1.82) is 0 Å². The van der Waals surface area contributed by atoms with Gasteiger partial charge in [0.2, 0.25) is 5.91 Å². The maximum Gasteiger partial charge on any atom is 0.239 e. The van der Waals surface area contributed by atoms with Crippen LogP contribution in [0.1, 0.15) is 6.42 Å². The molecule has 1 aromatic heterocycles. The summed E-state index contributed by atoms with van der Waals surface area (Å²) >= 11 is 0. The Labute approximate surface area is 112 Å². The van der Waals surface area contributed by atoms with Crippen LogP contribution in [-0.4, -0.2) is 59.7 Å². The van der Waals surface area contributed by atoms with Gasteiger partial charge >= 0.3 is 0 Å². The molecule has 0 aromatic carbocycles. The molecule has 1 aliphatic rings. The standard InChI is InChI=1S/C12H19N5O2/c13-2-1-10-8-17(5-6-19-10)9-12(18)16-11-7-14-3-4-15-11/h3-4,7,10H,1-2,5-6,8-9,13H2,(H,15,16,18). The summed E-state index contributed by atoms with van der Waals surface area (Å²) in [5.41, 5.74) is 5.52. The number of ether oxygens (including phenoxy) is 1. The maximum absolute atomic E-state index is 11.9. The van der Waals surface area contributed by atoms with Crippen LogP contribution in [0.3, 0.4) is 0 Å². The fourth-order valence-electron chi connectivity index (χ4n) is 2.03. The summed E-state index contributed by atoms with van der Waals surface area (Å²) < 4.78 is 5.57. The quantitative estimate of drug-likeness (QED) is 0.743. The largest absolute Gasteiger partial charge is 0.376 e. The van der Waals surface area contributed by atoms with Gasteiger partial charge in [-0.25, -0.2) is 4.98 Å². The van der Waals surface area contributed by atoms with Gasteiger partial charge in [-0.15, -0.1) is 0 Å². The first kappa shape index (κ1) is 13.9. The molecule has 1 atom stereocenters.